The number of hydrogen-bond donors (Lipinski definition) is 5. The summed E-state index contributed by atoms with van der Waals surface area (Å²) in [4.78, 5) is 17.7. The van der Waals surface area contributed by atoms with E-state index in [4.69, 9.17) is 0 Å². The van der Waals surface area contributed by atoms with Gasteiger partial charge in [-0.25, -0.2) is 5.43 Å². The summed E-state index contributed by atoms with van der Waals surface area (Å²) in [5, 5.41) is 9.32. The van der Waals surface area contributed by atoms with Gasteiger partial charge < -0.3 is 0 Å². The summed E-state index contributed by atoms with van der Waals surface area (Å²) in [5.74, 6) is -1.80. The predicted octanol–water partition coefficient (Wildman–Crippen LogP) is 1.89. The molecular formula is C25H21N3O17S5. The first-order valence-corrected chi connectivity index (χ1v) is 20.1. The molecule has 0 spiro atoms. The summed E-state index contributed by atoms with van der Waals surface area (Å²) >= 11 is 0. The van der Waals surface area contributed by atoms with Gasteiger partial charge in [-0.1, -0.05) is 17.7 Å². The number of nitrogens with zero attached hydrogens (tertiary/aromatic N) is 2. The van der Waals surface area contributed by atoms with E-state index in [1.807, 2.05) is 0 Å². The van der Waals surface area contributed by atoms with Crippen molar-refractivity contribution in [2.75, 3.05) is 4.41 Å². The van der Waals surface area contributed by atoms with Crippen LogP contribution in [-0.4, -0.2) is 71.1 Å². The number of sulfonamides is 1. The first-order valence-electron chi connectivity index (χ1n) is 12.9. The van der Waals surface area contributed by atoms with Crippen LogP contribution in [0.1, 0.15) is 21.5 Å². The maximum Gasteiger partial charge on any atom is 0.295 e. The van der Waals surface area contributed by atoms with E-state index >= 15 is 0 Å². The zero-order valence-electron chi connectivity index (χ0n) is 24.8. The fourth-order valence-corrected chi connectivity index (χ4v) is 8.80. The Kier molecular flexibility index (Phi) is 9.64. The third-order valence-corrected chi connectivity index (χ3v) is 12.0. The Bertz CT molecular complexity index is 2710. The molecule has 50 heavy (non-hydrogen) atoms. The van der Waals surface area contributed by atoms with E-state index in [9.17, 15) is 75.2 Å². The second-order valence-corrected chi connectivity index (χ2v) is 17.7. The first kappa shape index (κ1) is 38.2. The number of hydrogen-bond acceptors (Lipinski definition) is 13. The number of non-ortho nitro benzene ring substituents is 1. The van der Waals surface area contributed by atoms with Crippen molar-refractivity contribution in [3.63, 3.8) is 0 Å². The highest BCUT2D eigenvalue weighted by atomic mass is 32.2. The lowest BCUT2D eigenvalue weighted by atomic mass is 10.1. The quantitative estimate of drug-likeness (QED) is 0.0869. The molecule has 268 valence electrons. The molecule has 4 rings (SSSR count). The molecule has 0 aromatic heterocycles. The Morgan fingerprint density at radius 1 is 0.680 bits per heavy atom. The largest absolute Gasteiger partial charge is 0.295 e. The zero-order valence-corrected chi connectivity index (χ0v) is 28.9. The van der Waals surface area contributed by atoms with Crippen molar-refractivity contribution in [2.45, 2.75) is 38.3 Å². The summed E-state index contributed by atoms with van der Waals surface area (Å²) in [6.07, 6.45) is 0. The van der Waals surface area contributed by atoms with Crippen LogP contribution in [-0.2, 0) is 50.5 Å². The molecule has 25 heteroatoms. The second-order valence-electron chi connectivity index (χ2n) is 10.3. The molecule has 0 atom stereocenters. The number of nitro groups is 1. The average molecular weight is 796 g/mol. The number of benzene rings is 4. The van der Waals surface area contributed by atoms with E-state index in [0.717, 1.165) is 6.07 Å². The van der Waals surface area contributed by atoms with E-state index in [-0.39, 0.29) is 28.2 Å². The molecule has 0 unspecified atom stereocenters. The van der Waals surface area contributed by atoms with Crippen molar-refractivity contribution >= 4 is 78.6 Å². The van der Waals surface area contributed by atoms with Crippen molar-refractivity contribution in [3.8, 4) is 0 Å². The molecule has 0 aliphatic carbocycles. The highest BCUT2D eigenvalue weighted by molar-refractivity contribution is 7.93. The molecule has 4 aromatic carbocycles. The molecule has 0 saturated heterocycles. The van der Waals surface area contributed by atoms with Gasteiger partial charge in [0.2, 0.25) is 0 Å². The standard InChI is InChI=1S/C25H21N3O17S5/c1-13-3-6-21(14(2)7-13)46(32,33)27(26-25(29)19-5-4-16(28(30)31)10-22(19)49(40,41)42)20-11-17(47(34,35)36)8-15-9-18(48(37,38)39)12-23(24(15)20)50(43,44)45/h3-12H,1-2H3,(H,26,29)(H,34,35,36)(H,37,38,39)(H,40,41,42)(H,43,44,45). The van der Waals surface area contributed by atoms with Gasteiger partial charge in [-0.2, -0.15) is 46.5 Å². The molecule has 0 aliphatic heterocycles. The van der Waals surface area contributed by atoms with Gasteiger partial charge in [0.25, 0.3) is 62.1 Å². The van der Waals surface area contributed by atoms with Gasteiger partial charge in [-0.15, -0.1) is 0 Å². The number of carbonyl (C=O) groups is 1. The van der Waals surface area contributed by atoms with Crippen LogP contribution in [0.3, 0.4) is 0 Å². The lowest BCUT2D eigenvalue weighted by Gasteiger charge is -2.28. The zero-order chi connectivity index (χ0) is 37.9. The predicted molar refractivity (Wildman–Crippen MR) is 169 cm³/mol. The van der Waals surface area contributed by atoms with E-state index in [1.165, 1.54) is 19.1 Å². The average Bonchev–Trinajstić information content (AvgIpc) is 2.96. The van der Waals surface area contributed by atoms with E-state index in [2.05, 4.69) is 0 Å². The number of fused-ring (bicyclic) bond motifs is 1. The van der Waals surface area contributed by atoms with Crippen molar-refractivity contribution in [1.82, 2.24) is 5.43 Å². The SMILES string of the molecule is Cc1ccc(S(=O)(=O)N(NC(=O)c2ccc([N+](=O)[O-])cc2S(=O)(=O)O)c2cc(S(=O)(=O)O)cc3cc(S(=O)(=O)O)cc(S(=O)(=O)O)c23)c(C)c1. The minimum atomic E-state index is -5.66. The summed E-state index contributed by atoms with van der Waals surface area (Å²) < 4.78 is 166. The summed E-state index contributed by atoms with van der Waals surface area (Å²) in [6.45, 7) is 2.82. The van der Waals surface area contributed by atoms with Crippen molar-refractivity contribution in [2.24, 2.45) is 0 Å². The summed E-state index contributed by atoms with van der Waals surface area (Å²) in [6, 6.07) is 6.19. The molecule has 0 bridgehead atoms. The Balaban J connectivity index is 2.23. The molecule has 0 aliphatic rings. The van der Waals surface area contributed by atoms with Crippen LogP contribution in [0.15, 0.2) is 85.1 Å². The van der Waals surface area contributed by atoms with Crippen molar-refractivity contribution in [3.05, 3.63) is 87.5 Å². The normalized spacial score (nSPS) is 12.8. The molecular weight excluding hydrogens is 775 g/mol. The van der Waals surface area contributed by atoms with Gasteiger partial charge in [0.15, 0.2) is 0 Å². The van der Waals surface area contributed by atoms with Gasteiger partial charge in [0.05, 0.1) is 30.9 Å². The van der Waals surface area contributed by atoms with Crippen LogP contribution in [0.2, 0.25) is 0 Å². The van der Waals surface area contributed by atoms with Crippen LogP contribution >= 0.6 is 0 Å². The molecule has 0 radical (unpaired) electrons. The lowest BCUT2D eigenvalue weighted by molar-refractivity contribution is -0.385. The van der Waals surface area contributed by atoms with Gasteiger partial charge >= 0.3 is 0 Å². The van der Waals surface area contributed by atoms with Crippen LogP contribution < -0.4 is 9.84 Å². The van der Waals surface area contributed by atoms with Crippen molar-refractivity contribution < 1.29 is 70.0 Å². The van der Waals surface area contributed by atoms with Crippen LogP contribution in [0.5, 0.6) is 0 Å². The number of aryl methyl sites for hydroxylation is 2. The highest BCUT2D eigenvalue weighted by Crippen LogP contribution is 2.39. The Morgan fingerprint density at radius 3 is 1.70 bits per heavy atom. The van der Waals surface area contributed by atoms with Crippen molar-refractivity contribution in [1.29, 1.82) is 0 Å². The summed E-state index contributed by atoms with van der Waals surface area (Å²) in [5.41, 5.74) is -1.15. The molecule has 0 saturated carbocycles. The topological polar surface area (TPSA) is 327 Å². The third-order valence-electron chi connectivity index (χ3n) is 6.78. The van der Waals surface area contributed by atoms with Gasteiger partial charge in [0, 0.05) is 17.5 Å². The van der Waals surface area contributed by atoms with E-state index < -0.39 is 114 Å². The Morgan fingerprint density at radius 2 is 1.22 bits per heavy atom. The number of rotatable bonds is 10. The maximum atomic E-state index is 14.3. The molecule has 20 nitrogen and oxygen atoms in total. The molecule has 0 heterocycles. The van der Waals surface area contributed by atoms with E-state index in [1.54, 1.807) is 12.3 Å². The number of nitro benzene ring substituents is 1. The van der Waals surface area contributed by atoms with Gasteiger partial charge in [0.1, 0.15) is 9.79 Å². The minimum Gasteiger partial charge on any atom is -0.282 e. The number of hydrazine groups is 1. The monoisotopic (exact) mass is 795 g/mol. The fraction of sp³-hybridized carbons (Fsp3) is 0.0800. The smallest absolute Gasteiger partial charge is 0.282 e. The van der Waals surface area contributed by atoms with E-state index in [0.29, 0.717) is 29.8 Å². The molecule has 4 aromatic rings. The Hall–Kier alpha value is -4.60. The highest BCUT2D eigenvalue weighted by Gasteiger charge is 2.35. The number of anilines is 1. The van der Waals surface area contributed by atoms with Crippen LogP contribution in [0.25, 0.3) is 10.8 Å². The van der Waals surface area contributed by atoms with Gasteiger partial charge in [-0.05, 0) is 61.2 Å². The Labute approximate surface area is 283 Å². The number of nitrogens with one attached hydrogen (secondary N) is 1. The second kappa shape index (κ2) is 12.6. The lowest BCUT2D eigenvalue weighted by Crippen LogP contribution is -2.47. The van der Waals surface area contributed by atoms with Crippen LogP contribution in [0.4, 0.5) is 11.4 Å². The fourth-order valence-electron chi connectivity index (χ4n) is 4.68. The van der Waals surface area contributed by atoms with Gasteiger partial charge in [-0.3, -0.25) is 33.1 Å². The third kappa shape index (κ3) is 7.59. The molecule has 5 N–H and O–H groups in total. The number of amides is 1. The first-order chi connectivity index (χ1) is 22.6. The molecule has 1 amide bonds. The van der Waals surface area contributed by atoms with Crippen LogP contribution in [0, 0.1) is 24.0 Å². The summed E-state index contributed by atoms with van der Waals surface area (Å²) in [7, 11) is -27.3. The number of carbonyl (C=O) groups excluding carboxylic acids is 1. The maximum absolute atomic E-state index is 14.3. The molecule has 0 fully saturated rings. The minimum absolute atomic E-state index is 0.0443.